The SMILES string of the molecule is CC1Oc2cc(NC(=O)CCC3CCCCC3)ccc2N(Cc2ccccc2)C1=O. The van der Waals surface area contributed by atoms with Gasteiger partial charge in [0.25, 0.3) is 5.91 Å². The van der Waals surface area contributed by atoms with Gasteiger partial charge in [-0.2, -0.15) is 0 Å². The molecule has 1 N–H and O–H groups in total. The quantitative estimate of drug-likeness (QED) is 0.708. The van der Waals surface area contributed by atoms with Crippen molar-refractivity contribution in [2.24, 2.45) is 5.92 Å². The Morgan fingerprint density at radius 2 is 1.87 bits per heavy atom. The Balaban J connectivity index is 1.43. The number of rotatable bonds is 6. The summed E-state index contributed by atoms with van der Waals surface area (Å²) in [5.41, 5.74) is 2.51. The number of carbonyl (C=O) groups is 2. The van der Waals surface area contributed by atoms with Crippen LogP contribution in [-0.4, -0.2) is 17.9 Å². The number of fused-ring (bicyclic) bond motifs is 1. The van der Waals surface area contributed by atoms with Crippen molar-refractivity contribution >= 4 is 23.2 Å². The van der Waals surface area contributed by atoms with Gasteiger partial charge < -0.3 is 15.0 Å². The van der Waals surface area contributed by atoms with Crippen LogP contribution in [0.15, 0.2) is 48.5 Å². The van der Waals surface area contributed by atoms with Crippen LogP contribution in [0.25, 0.3) is 0 Å². The second kappa shape index (κ2) is 9.33. The first kappa shape index (κ1) is 20.5. The van der Waals surface area contributed by atoms with Gasteiger partial charge in [0.05, 0.1) is 12.2 Å². The summed E-state index contributed by atoms with van der Waals surface area (Å²) in [5.74, 6) is 1.30. The molecule has 5 nitrogen and oxygen atoms in total. The van der Waals surface area contributed by atoms with Crippen LogP contribution in [0.2, 0.25) is 0 Å². The molecule has 2 aromatic carbocycles. The minimum Gasteiger partial charge on any atom is -0.479 e. The predicted octanol–water partition coefficient (Wildman–Crippen LogP) is 5.30. The number of hydrogen-bond donors (Lipinski definition) is 1. The third-order valence-corrected chi connectivity index (χ3v) is 6.14. The fraction of sp³-hybridized carbons (Fsp3) is 0.440. The van der Waals surface area contributed by atoms with Crippen LogP contribution in [0.5, 0.6) is 5.75 Å². The summed E-state index contributed by atoms with van der Waals surface area (Å²) < 4.78 is 5.85. The largest absolute Gasteiger partial charge is 0.479 e. The van der Waals surface area contributed by atoms with Gasteiger partial charge in [-0.05, 0) is 37.0 Å². The number of carbonyl (C=O) groups excluding carboxylic acids is 2. The van der Waals surface area contributed by atoms with Crippen LogP contribution in [0.3, 0.4) is 0 Å². The van der Waals surface area contributed by atoms with Crippen molar-refractivity contribution in [2.45, 2.75) is 64.5 Å². The van der Waals surface area contributed by atoms with Crippen molar-refractivity contribution in [3.63, 3.8) is 0 Å². The van der Waals surface area contributed by atoms with Crippen molar-refractivity contribution in [2.75, 3.05) is 10.2 Å². The molecule has 1 aliphatic carbocycles. The van der Waals surface area contributed by atoms with Crippen molar-refractivity contribution in [3.8, 4) is 5.75 Å². The zero-order valence-corrected chi connectivity index (χ0v) is 17.6. The van der Waals surface area contributed by atoms with Crippen LogP contribution in [0.4, 0.5) is 11.4 Å². The number of anilines is 2. The molecule has 1 heterocycles. The molecule has 4 rings (SSSR count). The summed E-state index contributed by atoms with van der Waals surface area (Å²) in [6.45, 7) is 2.26. The second-order valence-corrected chi connectivity index (χ2v) is 8.44. The number of amides is 2. The minimum absolute atomic E-state index is 0.0431. The van der Waals surface area contributed by atoms with E-state index in [1.54, 1.807) is 11.8 Å². The maximum Gasteiger partial charge on any atom is 0.268 e. The van der Waals surface area contributed by atoms with E-state index in [9.17, 15) is 9.59 Å². The number of nitrogens with one attached hydrogen (secondary N) is 1. The van der Waals surface area contributed by atoms with Gasteiger partial charge in [-0.1, -0.05) is 62.4 Å². The van der Waals surface area contributed by atoms with Gasteiger partial charge in [-0.25, -0.2) is 0 Å². The van der Waals surface area contributed by atoms with Gasteiger partial charge in [-0.3, -0.25) is 9.59 Å². The zero-order chi connectivity index (χ0) is 20.9. The second-order valence-electron chi connectivity index (χ2n) is 8.44. The first-order chi connectivity index (χ1) is 14.6. The topological polar surface area (TPSA) is 58.6 Å². The average Bonchev–Trinajstić information content (AvgIpc) is 2.77. The maximum absolute atomic E-state index is 12.7. The lowest BCUT2D eigenvalue weighted by molar-refractivity contribution is -0.125. The lowest BCUT2D eigenvalue weighted by atomic mass is 9.86. The lowest BCUT2D eigenvalue weighted by Gasteiger charge is -2.33. The van der Waals surface area contributed by atoms with Crippen molar-refractivity contribution in [1.29, 1.82) is 0 Å². The Morgan fingerprint density at radius 1 is 1.10 bits per heavy atom. The van der Waals surface area contributed by atoms with E-state index in [0.717, 1.165) is 17.7 Å². The maximum atomic E-state index is 12.7. The number of ether oxygens (including phenoxy) is 1. The Labute approximate surface area is 178 Å². The standard InChI is InChI=1S/C25H30N2O3/c1-18-25(29)27(17-20-10-6-3-7-11-20)22-14-13-21(16-23(22)30-18)26-24(28)15-12-19-8-4-2-5-9-19/h3,6-7,10-11,13-14,16,18-19H,2,4-5,8-9,12,15,17H2,1H3,(H,26,28). The summed E-state index contributed by atoms with van der Waals surface area (Å²) in [6.07, 6.45) is 7.39. The van der Waals surface area contributed by atoms with Crippen LogP contribution >= 0.6 is 0 Å². The van der Waals surface area contributed by atoms with Crippen LogP contribution in [0, 0.1) is 5.92 Å². The Kier molecular flexibility index (Phi) is 6.36. The van der Waals surface area contributed by atoms with E-state index in [1.165, 1.54) is 32.1 Å². The summed E-state index contributed by atoms with van der Waals surface area (Å²) in [5, 5.41) is 3.00. The van der Waals surface area contributed by atoms with Gasteiger partial charge >= 0.3 is 0 Å². The molecule has 0 spiro atoms. The predicted molar refractivity (Wildman–Crippen MR) is 119 cm³/mol. The van der Waals surface area contributed by atoms with Crippen LogP contribution in [-0.2, 0) is 16.1 Å². The molecule has 1 unspecified atom stereocenters. The number of hydrogen-bond acceptors (Lipinski definition) is 3. The highest BCUT2D eigenvalue weighted by Crippen LogP contribution is 2.37. The highest BCUT2D eigenvalue weighted by Gasteiger charge is 2.31. The van der Waals surface area contributed by atoms with E-state index in [1.807, 2.05) is 48.5 Å². The molecule has 1 fully saturated rings. The highest BCUT2D eigenvalue weighted by atomic mass is 16.5. The molecule has 2 amide bonds. The smallest absolute Gasteiger partial charge is 0.268 e. The molecule has 1 aliphatic heterocycles. The highest BCUT2D eigenvalue weighted by molar-refractivity contribution is 6.00. The van der Waals surface area contributed by atoms with Crippen LogP contribution in [0.1, 0.15) is 57.4 Å². The number of benzene rings is 2. The Bertz CT molecular complexity index is 891. The van der Waals surface area contributed by atoms with Crippen molar-refractivity contribution in [3.05, 3.63) is 54.1 Å². The van der Waals surface area contributed by atoms with Gasteiger partial charge in [0.15, 0.2) is 6.10 Å². The molecule has 5 heteroatoms. The molecule has 1 atom stereocenters. The molecule has 2 aromatic rings. The third kappa shape index (κ3) is 4.84. The lowest BCUT2D eigenvalue weighted by Crippen LogP contribution is -2.44. The molecule has 0 aromatic heterocycles. The third-order valence-electron chi connectivity index (χ3n) is 6.14. The van der Waals surface area contributed by atoms with E-state index >= 15 is 0 Å². The summed E-state index contributed by atoms with van der Waals surface area (Å²) in [4.78, 5) is 26.9. The molecule has 2 aliphatic rings. The monoisotopic (exact) mass is 406 g/mol. The normalized spacial score (nSPS) is 19.2. The Morgan fingerprint density at radius 3 is 2.63 bits per heavy atom. The minimum atomic E-state index is -0.557. The Hall–Kier alpha value is -2.82. The van der Waals surface area contributed by atoms with Crippen molar-refractivity contribution in [1.82, 2.24) is 0 Å². The summed E-state index contributed by atoms with van der Waals surface area (Å²) in [7, 11) is 0. The van der Waals surface area contributed by atoms with E-state index in [4.69, 9.17) is 4.74 Å². The van der Waals surface area contributed by atoms with E-state index < -0.39 is 6.10 Å². The first-order valence-electron chi connectivity index (χ1n) is 11.1. The number of nitrogens with zero attached hydrogens (tertiary/aromatic N) is 1. The fourth-order valence-corrected chi connectivity index (χ4v) is 4.45. The van der Waals surface area contributed by atoms with Gasteiger partial charge in [0, 0.05) is 18.2 Å². The molecule has 0 bridgehead atoms. The fourth-order valence-electron chi connectivity index (χ4n) is 4.45. The average molecular weight is 407 g/mol. The van der Waals surface area contributed by atoms with Crippen molar-refractivity contribution < 1.29 is 14.3 Å². The first-order valence-corrected chi connectivity index (χ1v) is 11.1. The molecule has 30 heavy (non-hydrogen) atoms. The van der Waals surface area contributed by atoms with E-state index in [0.29, 0.717) is 30.3 Å². The van der Waals surface area contributed by atoms with Crippen LogP contribution < -0.4 is 15.0 Å². The summed E-state index contributed by atoms with van der Waals surface area (Å²) >= 11 is 0. The van der Waals surface area contributed by atoms with Gasteiger partial charge in [0.2, 0.25) is 5.91 Å². The van der Waals surface area contributed by atoms with E-state index in [2.05, 4.69) is 5.32 Å². The molecular weight excluding hydrogens is 376 g/mol. The molecular formula is C25H30N2O3. The molecule has 1 saturated carbocycles. The molecule has 0 radical (unpaired) electrons. The summed E-state index contributed by atoms with van der Waals surface area (Å²) in [6, 6.07) is 15.5. The van der Waals surface area contributed by atoms with E-state index in [-0.39, 0.29) is 11.8 Å². The zero-order valence-electron chi connectivity index (χ0n) is 17.6. The van der Waals surface area contributed by atoms with Gasteiger partial charge in [0.1, 0.15) is 5.75 Å². The molecule has 158 valence electrons. The van der Waals surface area contributed by atoms with Gasteiger partial charge in [-0.15, -0.1) is 0 Å². The molecule has 0 saturated heterocycles.